The van der Waals surface area contributed by atoms with Crippen LogP contribution in [-0.4, -0.2) is 45.2 Å². The Balaban J connectivity index is 2.83. The van der Waals surface area contributed by atoms with E-state index in [1.807, 2.05) is 0 Å². The van der Waals surface area contributed by atoms with Crippen LogP contribution in [0.4, 0.5) is 0 Å². The minimum atomic E-state index is -1.23. The molecule has 0 aromatic rings. The van der Waals surface area contributed by atoms with Gasteiger partial charge in [-0.25, -0.2) is 4.79 Å². The van der Waals surface area contributed by atoms with Gasteiger partial charge in [0.15, 0.2) is 0 Å². The lowest BCUT2D eigenvalue weighted by atomic mass is 10.0. The summed E-state index contributed by atoms with van der Waals surface area (Å²) in [5.74, 6) is -1.37. The minimum absolute atomic E-state index is 0.0245. The fourth-order valence-electron chi connectivity index (χ4n) is 1.34. The van der Waals surface area contributed by atoms with Crippen LogP contribution >= 0.6 is 0 Å². The number of carboxylic acid groups (broad SMARTS) is 1. The molecule has 0 aromatic heterocycles. The van der Waals surface area contributed by atoms with Gasteiger partial charge in [0.25, 0.3) is 0 Å². The van der Waals surface area contributed by atoms with Crippen LogP contribution in [0.3, 0.4) is 0 Å². The molecular weight excluding hydrogens is 174 g/mol. The average Bonchev–Trinajstić information content (AvgIpc) is 2.30. The smallest absolute Gasteiger partial charge is 0.329 e. The molecule has 1 fully saturated rings. The fraction of sp³-hybridized carbons (Fsp3) is 0.750. The highest BCUT2D eigenvalue weighted by Crippen LogP contribution is 2.22. The summed E-state index contributed by atoms with van der Waals surface area (Å²) >= 11 is 0. The molecule has 74 valence electrons. The summed E-state index contributed by atoms with van der Waals surface area (Å²) in [6.07, 6.45) is -0.706. The van der Waals surface area contributed by atoms with Crippen molar-refractivity contribution in [3.63, 3.8) is 0 Å². The lowest BCUT2D eigenvalue weighted by Gasteiger charge is -2.31. The molecule has 0 bridgehead atoms. The Morgan fingerprint density at radius 2 is 2.15 bits per heavy atom. The molecule has 5 nitrogen and oxygen atoms in total. The number of carboxylic acids is 1. The number of aliphatic hydroxyl groups excluding tert-OH is 1. The highest BCUT2D eigenvalue weighted by atomic mass is 16.4. The first-order valence-electron chi connectivity index (χ1n) is 4.07. The standard InChI is InChI=1S/C8H13NO4/c1-8(2,7(12)13)9-4-5(10)3-6(9)11/h5,10H,3-4H2,1-2H3,(H,12,13). The topological polar surface area (TPSA) is 77.8 Å². The van der Waals surface area contributed by atoms with Crippen LogP contribution in [0.25, 0.3) is 0 Å². The summed E-state index contributed by atoms with van der Waals surface area (Å²) in [4.78, 5) is 23.2. The molecular formula is C8H13NO4. The maximum atomic E-state index is 11.2. The molecule has 1 aliphatic heterocycles. The second-order valence-corrected chi connectivity index (χ2v) is 3.73. The van der Waals surface area contributed by atoms with Crippen molar-refractivity contribution in [1.82, 2.24) is 4.90 Å². The number of likely N-dealkylation sites (tertiary alicyclic amines) is 1. The third kappa shape index (κ3) is 1.65. The van der Waals surface area contributed by atoms with Crippen LogP contribution in [0.15, 0.2) is 0 Å². The number of carbonyl (C=O) groups excluding carboxylic acids is 1. The van der Waals surface area contributed by atoms with Gasteiger partial charge >= 0.3 is 5.97 Å². The molecule has 5 heteroatoms. The molecule has 13 heavy (non-hydrogen) atoms. The van der Waals surface area contributed by atoms with Gasteiger partial charge < -0.3 is 15.1 Å². The largest absolute Gasteiger partial charge is 0.480 e. The highest BCUT2D eigenvalue weighted by molar-refractivity contribution is 5.87. The second kappa shape index (κ2) is 2.99. The van der Waals surface area contributed by atoms with E-state index in [0.717, 1.165) is 0 Å². The zero-order valence-electron chi connectivity index (χ0n) is 7.65. The number of rotatable bonds is 2. The Morgan fingerprint density at radius 3 is 2.46 bits per heavy atom. The van der Waals surface area contributed by atoms with Crippen LogP contribution < -0.4 is 0 Å². The first-order valence-corrected chi connectivity index (χ1v) is 4.07. The third-order valence-corrected chi connectivity index (χ3v) is 2.30. The van der Waals surface area contributed by atoms with E-state index in [9.17, 15) is 9.59 Å². The molecule has 0 aromatic carbocycles. The Kier molecular flexibility index (Phi) is 2.30. The van der Waals surface area contributed by atoms with E-state index < -0.39 is 17.6 Å². The van der Waals surface area contributed by atoms with E-state index >= 15 is 0 Å². The second-order valence-electron chi connectivity index (χ2n) is 3.73. The molecule has 1 unspecified atom stereocenters. The number of β-amino-alcohol motifs (C(OH)–C–C–N with tert-alkyl or cyclic N) is 1. The van der Waals surface area contributed by atoms with Gasteiger partial charge in [0.1, 0.15) is 5.54 Å². The molecule has 1 rings (SSSR count). The van der Waals surface area contributed by atoms with Gasteiger partial charge in [-0.15, -0.1) is 0 Å². The summed E-state index contributed by atoms with van der Waals surface area (Å²) < 4.78 is 0. The predicted molar refractivity (Wildman–Crippen MR) is 44.1 cm³/mol. The van der Waals surface area contributed by atoms with E-state index in [1.54, 1.807) is 0 Å². The lowest BCUT2D eigenvalue weighted by molar-refractivity contribution is -0.154. The van der Waals surface area contributed by atoms with E-state index in [-0.39, 0.29) is 18.9 Å². The SMILES string of the molecule is CC(C)(C(=O)O)N1CC(O)CC1=O. The maximum absolute atomic E-state index is 11.2. The zero-order chi connectivity index (χ0) is 10.2. The van der Waals surface area contributed by atoms with E-state index in [0.29, 0.717) is 0 Å². The van der Waals surface area contributed by atoms with E-state index in [1.165, 1.54) is 18.7 Å². The van der Waals surface area contributed by atoms with Crippen molar-refractivity contribution in [3.05, 3.63) is 0 Å². The Labute approximate surface area is 76.0 Å². The number of hydrogen-bond acceptors (Lipinski definition) is 3. The van der Waals surface area contributed by atoms with Crippen molar-refractivity contribution in [2.75, 3.05) is 6.54 Å². The molecule has 2 N–H and O–H groups in total. The van der Waals surface area contributed by atoms with Crippen LogP contribution in [0.5, 0.6) is 0 Å². The van der Waals surface area contributed by atoms with Crippen LogP contribution in [0.2, 0.25) is 0 Å². The van der Waals surface area contributed by atoms with Gasteiger partial charge in [0.2, 0.25) is 5.91 Å². The summed E-state index contributed by atoms with van der Waals surface area (Å²) in [5, 5.41) is 18.0. The van der Waals surface area contributed by atoms with Crippen LogP contribution in [0, 0.1) is 0 Å². The third-order valence-electron chi connectivity index (χ3n) is 2.30. The zero-order valence-corrected chi connectivity index (χ0v) is 7.65. The Morgan fingerprint density at radius 1 is 1.62 bits per heavy atom. The molecule has 1 saturated heterocycles. The molecule has 1 heterocycles. The number of aliphatic carboxylic acids is 1. The van der Waals surface area contributed by atoms with Gasteiger partial charge in [-0.2, -0.15) is 0 Å². The predicted octanol–water partition coefficient (Wildman–Crippen LogP) is -0.557. The van der Waals surface area contributed by atoms with Gasteiger partial charge in [-0.3, -0.25) is 4.79 Å². The van der Waals surface area contributed by atoms with Crippen molar-refractivity contribution < 1.29 is 19.8 Å². The van der Waals surface area contributed by atoms with Crippen LogP contribution in [-0.2, 0) is 9.59 Å². The summed E-state index contributed by atoms with van der Waals surface area (Å²) in [5.41, 5.74) is -1.23. The van der Waals surface area contributed by atoms with Gasteiger partial charge in [-0.05, 0) is 13.8 Å². The first kappa shape index (κ1) is 9.98. The van der Waals surface area contributed by atoms with Crippen molar-refractivity contribution in [2.24, 2.45) is 0 Å². The summed E-state index contributed by atoms with van der Waals surface area (Å²) in [7, 11) is 0. The average molecular weight is 187 g/mol. The normalized spacial score (nSPS) is 23.8. The molecule has 1 amide bonds. The van der Waals surface area contributed by atoms with E-state index in [4.69, 9.17) is 10.2 Å². The van der Waals surface area contributed by atoms with Gasteiger partial charge in [0.05, 0.1) is 12.5 Å². The minimum Gasteiger partial charge on any atom is -0.480 e. The number of hydrogen-bond donors (Lipinski definition) is 2. The molecule has 0 aliphatic carbocycles. The van der Waals surface area contributed by atoms with E-state index in [2.05, 4.69) is 0 Å². The van der Waals surface area contributed by atoms with Crippen molar-refractivity contribution in [2.45, 2.75) is 31.9 Å². The number of nitrogens with zero attached hydrogens (tertiary/aromatic N) is 1. The number of carbonyl (C=O) groups is 2. The maximum Gasteiger partial charge on any atom is 0.329 e. The molecule has 1 aliphatic rings. The van der Waals surface area contributed by atoms with Crippen molar-refractivity contribution in [3.8, 4) is 0 Å². The van der Waals surface area contributed by atoms with Gasteiger partial charge in [0, 0.05) is 6.54 Å². The van der Waals surface area contributed by atoms with Crippen LogP contribution in [0.1, 0.15) is 20.3 Å². The Hall–Kier alpha value is -1.10. The summed E-state index contributed by atoms with van der Waals surface area (Å²) in [6.45, 7) is 3.01. The molecule has 0 saturated carbocycles. The fourth-order valence-corrected chi connectivity index (χ4v) is 1.34. The number of amides is 1. The molecule has 0 radical (unpaired) electrons. The first-order chi connectivity index (χ1) is 5.85. The van der Waals surface area contributed by atoms with Crippen molar-refractivity contribution in [1.29, 1.82) is 0 Å². The summed E-state index contributed by atoms with van der Waals surface area (Å²) in [6, 6.07) is 0. The number of aliphatic hydroxyl groups is 1. The quantitative estimate of drug-likeness (QED) is 0.607. The Bertz CT molecular complexity index is 249. The molecule has 0 spiro atoms. The van der Waals surface area contributed by atoms with Crippen molar-refractivity contribution >= 4 is 11.9 Å². The molecule has 1 atom stereocenters. The van der Waals surface area contributed by atoms with Gasteiger partial charge in [-0.1, -0.05) is 0 Å². The highest BCUT2D eigenvalue weighted by Gasteiger charge is 2.42. The lowest BCUT2D eigenvalue weighted by Crippen LogP contribution is -2.51. The monoisotopic (exact) mass is 187 g/mol.